The summed E-state index contributed by atoms with van der Waals surface area (Å²) in [4.78, 5) is 20.0. The molecule has 5 heteroatoms. The number of nitrogens with zero attached hydrogens (tertiary/aromatic N) is 2. The summed E-state index contributed by atoms with van der Waals surface area (Å²) in [6.45, 7) is 7.54. The van der Waals surface area contributed by atoms with Gasteiger partial charge in [0.1, 0.15) is 5.82 Å². The summed E-state index contributed by atoms with van der Waals surface area (Å²) in [6, 6.07) is 0. The molecule has 0 fully saturated rings. The quantitative estimate of drug-likeness (QED) is 0.756. The summed E-state index contributed by atoms with van der Waals surface area (Å²) >= 11 is 0. The van der Waals surface area contributed by atoms with E-state index in [9.17, 15) is 4.79 Å². The molecule has 1 amide bonds. The molecule has 0 atom stereocenters. The van der Waals surface area contributed by atoms with Gasteiger partial charge in [-0.1, -0.05) is 0 Å². The minimum Gasteiger partial charge on any atom is -0.382 e. The van der Waals surface area contributed by atoms with Gasteiger partial charge >= 0.3 is 0 Å². The van der Waals surface area contributed by atoms with Crippen LogP contribution in [0.3, 0.4) is 0 Å². The number of aryl methyl sites for hydroxylation is 2. The molecule has 0 aromatic carbocycles. The predicted molar refractivity (Wildman–Crippen MR) is 64.9 cm³/mol. The van der Waals surface area contributed by atoms with Crippen molar-refractivity contribution in [3.8, 4) is 0 Å². The lowest BCUT2D eigenvalue weighted by atomic mass is 10.2. The first-order chi connectivity index (χ1) is 8.15. The Hall–Kier alpha value is -1.49. The second-order valence-electron chi connectivity index (χ2n) is 3.72. The Kier molecular flexibility index (Phi) is 5.56. The topological polar surface area (TPSA) is 64.1 Å². The van der Waals surface area contributed by atoms with Crippen LogP contribution in [-0.4, -0.2) is 35.6 Å². The number of rotatable bonds is 6. The van der Waals surface area contributed by atoms with Crippen LogP contribution in [0.1, 0.15) is 35.2 Å². The van der Waals surface area contributed by atoms with Crippen LogP contribution in [0.4, 0.5) is 0 Å². The molecule has 5 nitrogen and oxygen atoms in total. The third-order valence-electron chi connectivity index (χ3n) is 2.30. The van der Waals surface area contributed by atoms with Crippen LogP contribution in [-0.2, 0) is 4.74 Å². The molecule has 0 unspecified atom stereocenters. The van der Waals surface area contributed by atoms with E-state index in [-0.39, 0.29) is 5.91 Å². The van der Waals surface area contributed by atoms with Crippen molar-refractivity contribution in [3.05, 3.63) is 23.3 Å². The Labute approximate surface area is 102 Å². The molecule has 0 saturated heterocycles. The first-order valence-corrected chi connectivity index (χ1v) is 5.81. The highest BCUT2D eigenvalue weighted by Gasteiger charge is 2.09. The molecular weight excluding hydrogens is 218 g/mol. The van der Waals surface area contributed by atoms with Gasteiger partial charge in [-0.15, -0.1) is 0 Å². The fraction of sp³-hybridized carbons (Fsp3) is 0.583. The van der Waals surface area contributed by atoms with Gasteiger partial charge < -0.3 is 10.1 Å². The first-order valence-electron chi connectivity index (χ1n) is 5.81. The molecule has 1 heterocycles. The fourth-order valence-electron chi connectivity index (χ4n) is 1.42. The van der Waals surface area contributed by atoms with E-state index in [2.05, 4.69) is 15.3 Å². The van der Waals surface area contributed by atoms with Crippen molar-refractivity contribution in [2.45, 2.75) is 27.2 Å². The number of carbonyl (C=O) groups is 1. The van der Waals surface area contributed by atoms with Crippen molar-refractivity contribution < 1.29 is 9.53 Å². The summed E-state index contributed by atoms with van der Waals surface area (Å²) in [7, 11) is 0. The zero-order chi connectivity index (χ0) is 12.7. The molecule has 1 N–H and O–H groups in total. The van der Waals surface area contributed by atoms with E-state index in [1.807, 2.05) is 13.8 Å². The lowest BCUT2D eigenvalue weighted by Gasteiger charge is -2.07. The van der Waals surface area contributed by atoms with E-state index < -0.39 is 0 Å². The van der Waals surface area contributed by atoms with Gasteiger partial charge in [0.15, 0.2) is 0 Å². The maximum Gasteiger partial charge on any atom is 0.254 e. The van der Waals surface area contributed by atoms with Gasteiger partial charge in [-0.3, -0.25) is 4.79 Å². The van der Waals surface area contributed by atoms with Crippen LogP contribution in [0.25, 0.3) is 0 Å². The highest BCUT2D eigenvalue weighted by Crippen LogP contribution is 2.03. The third kappa shape index (κ3) is 4.48. The Morgan fingerprint density at radius 1 is 1.47 bits per heavy atom. The van der Waals surface area contributed by atoms with E-state index in [1.54, 1.807) is 13.1 Å². The van der Waals surface area contributed by atoms with Gasteiger partial charge in [-0.05, 0) is 27.2 Å². The van der Waals surface area contributed by atoms with Crippen molar-refractivity contribution in [2.75, 3.05) is 19.8 Å². The van der Waals surface area contributed by atoms with Gasteiger partial charge in [0.2, 0.25) is 0 Å². The van der Waals surface area contributed by atoms with Crippen LogP contribution in [0, 0.1) is 13.8 Å². The molecule has 0 aliphatic heterocycles. The zero-order valence-electron chi connectivity index (χ0n) is 10.6. The van der Waals surface area contributed by atoms with Crippen LogP contribution in [0.5, 0.6) is 0 Å². The molecule has 0 spiro atoms. The number of hydrogen-bond acceptors (Lipinski definition) is 4. The van der Waals surface area contributed by atoms with E-state index >= 15 is 0 Å². The molecule has 0 bridgehead atoms. The smallest absolute Gasteiger partial charge is 0.254 e. The molecule has 94 valence electrons. The molecule has 0 aliphatic carbocycles. The third-order valence-corrected chi connectivity index (χ3v) is 2.30. The molecule has 1 aromatic rings. The Morgan fingerprint density at radius 3 is 2.88 bits per heavy atom. The van der Waals surface area contributed by atoms with E-state index in [0.717, 1.165) is 6.42 Å². The Balaban J connectivity index is 2.42. The van der Waals surface area contributed by atoms with Gasteiger partial charge in [0, 0.05) is 26.0 Å². The number of hydrogen-bond donors (Lipinski definition) is 1. The monoisotopic (exact) mass is 237 g/mol. The minimum absolute atomic E-state index is 0.126. The number of nitrogens with one attached hydrogen (secondary N) is 1. The van der Waals surface area contributed by atoms with E-state index in [1.165, 1.54) is 0 Å². The Morgan fingerprint density at radius 2 is 2.24 bits per heavy atom. The number of amides is 1. The highest BCUT2D eigenvalue weighted by atomic mass is 16.5. The number of aromatic nitrogens is 2. The normalized spacial score (nSPS) is 10.3. The second kappa shape index (κ2) is 6.96. The second-order valence-corrected chi connectivity index (χ2v) is 3.72. The summed E-state index contributed by atoms with van der Waals surface area (Å²) in [5.41, 5.74) is 1.24. The lowest BCUT2D eigenvalue weighted by molar-refractivity contribution is 0.0943. The molecule has 1 rings (SSSR count). The average molecular weight is 237 g/mol. The van der Waals surface area contributed by atoms with Crippen molar-refractivity contribution in [2.24, 2.45) is 0 Å². The maximum atomic E-state index is 11.8. The average Bonchev–Trinajstić information content (AvgIpc) is 2.28. The largest absolute Gasteiger partial charge is 0.382 e. The fourth-order valence-corrected chi connectivity index (χ4v) is 1.42. The van der Waals surface area contributed by atoms with Crippen molar-refractivity contribution in [1.29, 1.82) is 0 Å². The van der Waals surface area contributed by atoms with Gasteiger partial charge in [-0.25, -0.2) is 9.97 Å². The summed E-state index contributed by atoms with van der Waals surface area (Å²) in [5, 5.41) is 2.82. The van der Waals surface area contributed by atoms with Crippen LogP contribution in [0.2, 0.25) is 0 Å². The molecular formula is C12H19N3O2. The van der Waals surface area contributed by atoms with Crippen molar-refractivity contribution >= 4 is 5.91 Å². The van der Waals surface area contributed by atoms with Crippen molar-refractivity contribution in [3.63, 3.8) is 0 Å². The number of ether oxygens (including phenoxy) is 1. The zero-order valence-corrected chi connectivity index (χ0v) is 10.6. The number of carbonyl (C=O) groups excluding carboxylic acids is 1. The standard InChI is InChI=1S/C12H19N3O2/c1-4-17-7-5-6-13-12(16)11-8-14-10(3)15-9(11)2/h8H,4-7H2,1-3H3,(H,13,16). The molecule has 1 aromatic heterocycles. The molecule has 0 aliphatic rings. The van der Waals surface area contributed by atoms with Crippen LogP contribution < -0.4 is 5.32 Å². The summed E-state index contributed by atoms with van der Waals surface area (Å²) < 4.78 is 5.18. The molecule has 0 saturated carbocycles. The Bertz CT molecular complexity index is 380. The van der Waals surface area contributed by atoms with Crippen molar-refractivity contribution in [1.82, 2.24) is 15.3 Å². The van der Waals surface area contributed by atoms with Gasteiger partial charge in [0.05, 0.1) is 11.3 Å². The summed E-state index contributed by atoms with van der Waals surface area (Å²) in [5.74, 6) is 0.550. The molecule has 17 heavy (non-hydrogen) atoms. The SMILES string of the molecule is CCOCCCNC(=O)c1cnc(C)nc1C. The van der Waals surface area contributed by atoms with Crippen LogP contribution >= 0.6 is 0 Å². The molecule has 0 radical (unpaired) electrons. The summed E-state index contributed by atoms with van der Waals surface area (Å²) in [6.07, 6.45) is 2.38. The van der Waals surface area contributed by atoms with Crippen LogP contribution in [0.15, 0.2) is 6.20 Å². The minimum atomic E-state index is -0.126. The van der Waals surface area contributed by atoms with Gasteiger partial charge in [0.25, 0.3) is 5.91 Å². The first kappa shape index (κ1) is 13.6. The predicted octanol–water partition coefficient (Wildman–Crippen LogP) is 1.25. The highest BCUT2D eigenvalue weighted by molar-refractivity contribution is 5.94. The van der Waals surface area contributed by atoms with E-state index in [0.29, 0.717) is 36.8 Å². The lowest BCUT2D eigenvalue weighted by Crippen LogP contribution is -2.26. The maximum absolute atomic E-state index is 11.8. The van der Waals surface area contributed by atoms with E-state index in [4.69, 9.17) is 4.74 Å². The van der Waals surface area contributed by atoms with Gasteiger partial charge in [-0.2, -0.15) is 0 Å².